The van der Waals surface area contributed by atoms with E-state index in [1.165, 1.54) is 43.4 Å². The predicted octanol–water partition coefficient (Wildman–Crippen LogP) is 3.63. The van der Waals surface area contributed by atoms with Crippen LogP contribution in [0.25, 0.3) is 11.4 Å². The third kappa shape index (κ3) is 2.50. The van der Waals surface area contributed by atoms with Crippen LogP contribution in [-0.4, -0.2) is 21.0 Å². The molecule has 23 heavy (non-hydrogen) atoms. The molecule has 4 heteroatoms. The molecule has 0 spiro atoms. The molecule has 2 aromatic heterocycles. The van der Waals surface area contributed by atoms with Crippen LogP contribution < -0.4 is 5.32 Å². The van der Waals surface area contributed by atoms with E-state index < -0.39 is 0 Å². The summed E-state index contributed by atoms with van der Waals surface area (Å²) in [7, 11) is 0. The summed E-state index contributed by atoms with van der Waals surface area (Å²) in [6.07, 6.45) is 12.6. The van der Waals surface area contributed by atoms with E-state index in [0.717, 1.165) is 41.9 Å². The summed E-state index contributed by atoms with van der Waals surface area (Å²) in [5.74, 6) is 3.92. The lowest BCUT2D eigenvalue weighted by molar-refractivity contribution is 0.249. The van der Waals surface area contributed by atoms with E-state index in [4.69, 9.17) is 9.97 Å². The monoisotopic (exact) mass is 306 g/mol. The highest BCUT2D eigenvalue weighted by Gasteiger charge is 2.40. The van der Waals surface area contributed by atoms with E-state index in [9.17, 15) is 0 Å². The fraction of sp³-hybridized carbons (Fsp3) is 0.526. The van der Waals surface area contributed by atoms with Crippen LogP contribution >= 0.6 is 0 Å². The summed E-state index contributed by atoms with van der Waals surface area (Å²) in [5, 5.41) is 3.73. The fourth-order valence-corrected chi connectivity index (χ4v) is 4.10. The van der Waals surface area contributed by atoms with Crippen LogP contribution in [0.15, 0.2) is 24.5 Å². The number of fused-ring (bicyclic) bond motifs is 1. The third-order valence-corrected chi connectivity index (χ3v) is 5.66. The zero-order chi connectivity index (χ0) is 15.2. The van der Waals surface area contributed by atoms with Crippen molar-refractivity contribution in [2.75, 3.05) is 5.32 Å². The summed E-state index contributed by atoms with van der Waals surface area (Å²) in [5.41, 5.74) is 3.60. The third-order valence-electron chi connectivity index (χ3n) is 5.66. The van der Waals surface area contributed by atoms with Crippen LogP contribution in [0, 0.1) is 11.8 Å². The number of hydrogen-bond acceptors (Lipinski definition) is 4. The maximum absolute atomic E-state index is 4.86. The minimum Gasteiger partial charge on any atom is -0.367 e. The molecule has 2 saturated carbocycles. The van der Waals surface area contributed by atoms with Gasteiger partial charge in [-0.15, -0.1) is 0 Å². The Kier molecular flexibility index (Phi) is 3.10. The Balaban J connectivity index is 1.42. The molecule has 2 fully saturated rings. The van der Waals surface area contributed by atoms with Crippen molar-refractivity contribution in [3.05, 3.63) is 35.8 Å². The minimum atomic E-state index is 0.613. The Hall–Kier alpha value is -1.97. The Labute approximate surface area is 136 Å². The lowest BCUT2D eigenvalue weighted by Crippen LogP contribution is -2.37. The van der Waals surface area contributed by atoms with Crippen LogP contribution in [0.4, 0.5) is 5.82 Å². The molecule has 4 nitrogen and oxygen atoms in total. The normalized spacial score (nSPS) is 25.7. The van der Waals surface area contributed by atoms with Gasteiger partial charge in [0.2, 0.25) is 0 Å². The van der Waals surface area contributed by atoms with Gasteiger partial charge in [-0.1, -0.05) is 0 Å². The molecular weight excluding hydrogens is 284 g/mol. The summed E-state index contributed by atoms with van der Waals surface area (Å²) in [4.78, 5) is 13.9. The summed E-state index contributed by atoms with van der Waals surface area (Å²) >= 11 is 0. The number of pyridine rings is 1. The van der Waals surface area contributed by atoms with E-state index >= 15 is 0 Å². The molecule has 0 unspecified atom stereocenters. The molecular formula is C19H22N4. The Bertz CT molecular complexity index is 718. The molecule has 2 aromatic rings. The standard InChI is InChI=1S/C19H22N4/c1-4-16-17(5-1)22-18(13-3-2-8-20-11-13)23-19(16)21-15-9-14(10-15)12-6-7-12/h2-3,8,11-12,14-15H,1,4-7,9-10H2,(H,21,22,23). The topological polar surface area (TPSA) is 50.7 Å². The van der Waals surface area contributed by atoms with Crippen molar-refractivity contribution in [1.29, 1.82) is 0 Å². The summed E-state index contributed by atoms with van der Waals surface area (Å²) < 4.78 is 0. The van der Waals surface area contributed by atoms with Crippen LogP contribution in [0.5, 0.6) is 0 Å². The highest BCUT2D eigenvalue weighted by Crippen LogP contribution is 2.47. The first kappa shape index (κ1) is 13.5. The van der Waals surface area contributed by atoms with E-state index in [2.05, 4.69) is 10.3 Å². The van der Waals surface area contributed by atoms with Crippen molar-refractivity contribution in [3.8, 4) is 11.4 Å². The Morgan fingerprint density at radius 3 is 2.74 bits per heavy atom. The Morgan fingerprint density at radius 2 is 1.96 bits per heavy atom. The van der Waals surface area contributed by atoms with Gasteiger partial charge in [0.15, 0.2) is 5.82 Å². The number of anilines is 1. The van der Waals surface area contributed by atoms with Crippen molar-refractivity contribution in [2.24, 2.45) is 11.8 Å². The number of nitrogens with zero attached hydrogens (tertiary/aromatic N) is 3. The fourth-order valence-electron chi connectivity index (χ4n) is 4.10. The first-order valence-electron chi connectivity index (χ1n) is 8.93. The lowest BCUT2D eigenvalue weighted by Gasteiger charge is -2.36. The van der Waals surface area contributed by atoms with E-state index in [1.807, 2.05) is 18.3 Å². The molecule has 3 aliphatic rings. The molecule has 3 aliphatic carbocycles. The van der Waals surface area contributed by atoms with Gasteiger partial charge < -0.3 is 5.32 Å². The van der Waals surface area contributed by atoms with Crippen LogP contribution in [-0.2, 0) is 12.8 Å². The number of nitrogens with one attached hydrogen (secondary N) is 1. The molecule has 118 valence electrons. The van der Waals surface area contributed by atoms with Gasteiger partial charge in [-0.05, 0) is 68.9 Å². The molecule has 0 aliphatic heterocycles. The van der Waals surface area contributed by atoms with Gasteiger partial charge in [0, 0.05) is 35.3 Å². The van der Waals surface area contributed by atoms with E-state index in [0.29, 0.717) is 6.04 Å². The van der Waals surface area contributed by atoms with Crippen molar-refractivity contribution >= 4 is 5.82 Å². The molecule has 0 radical (unpaired) electrons. The van der Waals surface area contributed by atoms with Gasteiger partial charge in [0.05, 0.1) is 0 Å². The highest BCUT2D eigenvalue weighted by molar-refractivity contribution is 5.60. The van der Waals surface area contributed by atoms with E-state index in [1.54, 1.807) is 6.20 Å². The van der Waals surface area contributed by atoms with Gasteiger partial charge >= 0.3 is 0 Å². The maximum atomic E-state index is 4.86. The minimum absolute atomic E-state index is 0.613. The molecule has 0 saturated heterocycles. The molecule has 1 N–H and O–H groups in total. The van der Waals surface area contributed by atoms with Gasteiger partial charge in [-0.3, -0.25) is 4.98 Å². The van der Waals surface area contributed by atoms with Gasteiger partial charge in [-0.25, -0.2) is 9.97 Å². The summed E-state index contributed by atoms with van der Waals surface area (Å²) in [6.45, 7) is 0. The molecule has 2 heterocycles. The predicted molar refractivity (Wildman–Crippen MR) is 90.1 cm³/mol. The van der Waals surface area contributed by atoms with Gasteiger partial charge in [0.1, 0.15) is 5.82 Å². The number of aromatic nitrogens is 3. The average molecular weight is 306 g/mol. The first-order chi connectivity index (χ1) is 11.4. The number of hydrogen-bond donors (Lipinski definition) is 1. The highest BCUT2D eigenvalue weighted by atomic mass is 15.1. The zero-order valence-electron chi connectivity index (χ0n) is 13.3. The van der Waals surface area contributed by atoms with Crippen molar-refractivity contribution in [2.45, 2.75) is 51.0 Å². The number of rotatable bonds is 4. The second-order valence-corrected chi connectivity index (χ2v) is 7.33. The summed E-state index contributed by atoms with van der Waals surface area (Å²) in [6, 6.07) is 4.60. The lowest BCUT2D eigenvalue weighted by atomic mass is 9.77. The van der Waals surface area contributed by atoms with Crippen LogP contribution in [0.2, 0.25) is 0 Å². The molecule has 0 amide bonds. The van der Waals surface area contributed by atoms with Crippen molar-refractivity contribution in [1.82, 2.24) is 15.0 Å². The Morgan fingerprint density at radius 1 is 1.04 bits per heavy atom. The molecule has 0 bridgehead atoms. The van der Waals surface area contributed by atoms with Crippen molar-refractivity contribution in [3.63, 3.8) is 0 Å². The smallest absolute Gasteiger partial charge is 0.163 e. The van der Waals surface area contributed by atoms with Gasteiger partial charge in [0.25, 0.3) is 0 Å². The average Bonchev–Trinajstić information content (AvgIpc) is 3.27. The second-order valence-electron chi connectivity index (χ2n) is 7.33. The van der Waals surface area contributed by atoms with E-state index in [-0.39, 0.29) is 0 Å². The van der Waals surface area contributed by atoms with Crippen LogP contribution in [0.3, 0.4) is 0 Å². The first-order valence-corrected chi connectivity index (χ1v) is 8.93. The quantitative estimate of drug-likeness (QED) is 0.937. The maximum Gasteiger partial charge on any atom is 0.163 e. The zero-order valence-corrected chi connectivity index (χ0v) is 13.3. The molecule has 5 rings (SSSR count). The largest absolute Gasteiger partial charge is 0.367 e. The molecule has 0 atom stereocenters. The SMILES string of the molecule is c1cncc(-c2nc3c(c(NC4CC(C5CC5)C4)n2)CCC3)c1. The van der Waals surface area contributed by atoms with Gasteiger partial charge in [-0.2, -0.15) is 0 Å². The van der Waals surface area contributed by atoms with Crippen molar-refractivity contribution < 1.29 is 0 Å². The number of aryl methyl sites for hydroxylation is 1. The second kappa shape index (κ2) is 5.29. The molecule has 0 aromatic carbocycles. The van der Waals surface area contributed by atoms with Crippen LogP contribution in [0.1, 0.15) is 43.4 Å².